The van der Waals surface area contributed by atoms with Crippen molar-refractivity contribution < 1.29 is 9.47 Å². The van der Waals surface area contributed by atoms with Crippen molar-refractivity contribution in [2.24, 2.45) is 0 Å². The van der Waals surface area contributed by atoms with Crippen LogP contribution in [0.5, 0.6) is 11.5 Å². The monoisotopic (exact) mass is 249 g/mol. The van der Waals surface area contributed by atoms with E-state index in [-0.39, 0.29) is 5.41 Å². The van der Waals surface area contributed by atoms with Crippen molar-refractivity contribution in [2.45, 2.75) is 31.1 Å². The molecule has 0 spiro atoms. The summed E-state index contributed by atoms with van der Waals surface area (Å²) in [6.45, 7) is 1.03. The molecule has 0 radical (unpaired) electrons. The Hall–Kier alpha value is -1.22. The number of ether oxygens (including phenoxy) is 2. The fraction of sp³-hybridized carbons (Fsp3) is 0.600. The summed E-state index contributed by atoms with van der Waals surface area (Å²) >= 11 is 0. The van der Waals surface area contributed by atoms with E-state index < -0.39 is 0 Å². The van der Waals surface area contributed by atoms with Crippen LogP contribution in [0.4, 0.5) is 0 Å². The average molecular weight is 249 g/mol. The molecule has 100 valence electrons. The van der Waals surface area contributed by atoms with Crippen LogP contribution in [-0.4, -0.2) is 27.8 Å². The van der Waals surface area contributed by atoms with Gasteiger partial charge < -0.3 is 14.8 Å². The second kappa shape index (κ2) is 5.61. The van der Waals surface area contributed by atoms with Crippen LogP contribution in [0.1, 0.15) is 31.2 Å². The van der Waals surface area contributed by atoms with Crippen LogP contribution >= 0.6 is 0 Å². The van der Waals surface area contributed by atoms with Crippen LogP contribution in [0.25, 0.3) is 0 Å². The van der Waals surface area contributed by atoms with Crippen molar-refractivity contribution >= 4 is 0 Å². The number of hydrogen-bond acceptors (Lipinski definition) is 3. The van der Waals surface area contributed by atoms with Crippen molar-refractivity contribution in [3.8, 4) is 11.5 Å². The highest BCUT2D eigenvalue weighted by molar-refractivity contribution is 5.45. The van der Waals surface area contributed by atoms with E-state index in [1.54, 1.807) is 14.2 Å². The lowest BCUT2D eigenvalue weighted by atomic mass is 9.78. The Labute approximate surface area is 109 Å². The van der Waals surface area contributed by atoms with Gasteiger partial charge in [0.05, 0.1) is 14.2 Å². The normalized spacial score (nSPS) is 17.7. The van der Waals surface area contributed by atoms with E-state index in [1.807, 2.05) is 13.1 Å². The Morgan fingerprint density at radius 1 is 1.11 bits per heavy atom. The quantitative estimate of drug-likeness (QED) is 0.870. The minimum atomic E-state index is 0.272. The zero-order chi connectivity index (χ0) is 13.0. The van der Waals surface area contributed by atoms with Gasteiger partial charge in [-0.1, -0.05) is 18.9 Å². The third-order valence-electron chi connectivity index (χ3n) is 4.07. The number of likely N-dealkylation sites (N-methyl/N-ethyl adjacent to an activating group) is 1. The Morgan fingerprint density at radius 2 is 1.78 bits per heavy atom. The second-order valence-corrected chi connectivity index (χ2v) is 5.09. The lowest BCUT2D eigenvalue weighted by molar-refractivity contribution is 0.351. The Morgan fingerprint density at radius 3 is 2.33 bits per heavy atom. The third-order valence-corrected chi connectivity index (χ3v) is 4.07. The lowest BCUT2D eigenvalue weighted by Gasteiger charge is -2.30. The number of benzene rings is 1. The highest BCUT2D eigenvalue weighted by Crippen LogP contribution is 2.43. The van der Waals surface area contributed by atoms with E-state index in [0.717, 1.165) is 18.0 Å². The predicted molar refractivity (Wildman–Crippen MR) is 73.6 cm³/mol. The fourth-order valence-electron chi connectivity index (χ4n) is 3.12. The molecule has 0 saturated heterocycles. The molecule has 3 heteroatoms. The molecule has 1 N–H and O–H groups in total. The van der Waals surface area contributed by atoms with Crippen molar-refractivity contribution in [2.75, 3.05) is 27.8 Å². The summed E-state index contributed by atoms with van der Waals surface area (Å²) in [5, 5.41) is 3.34. The zero-order valence-corrected chi connectivity index (χ0v) is 11.6. The molecule has 3 nitrogen and oxygen atoms in total. The maximum absolute atomic E-state index is 5.41. The molecule has 1 aliphatic carbocycles. The molecule has 0 aliphatic heterocycles. The van der Waals surface area contributed by atoms with Crippen LogP contribution in [0.2, 0.25) is 0 Å². The summed E-state index contributed by atoms with van der Waals surface area (Å²) in [4.78, 5) is 0. The van der Waals surface area contributed by atoms with E-state index in [9.17, 15) is 0 Å². The smallest absolute Gasteiger partial charge is 0.161 e. The third kappa shape index (κ3) is 2.32. The van der Waals surface area contributed by atoms with Gasteiger partial charge in [0.2, 0.25) is 0 Å². The second-order valence-electron chi connectivity index (χ2n) is 5.09. The zero-order valence-electron chi connectivity index (χ0n) is 11.6. The molecule has 1 aromatic rings. The molecular weight excluding hydrogens is 226 g/mol. The molecule has 0 unspecified atom stereocenters. The highest BCUT2D eigenvalue weighted by atomic mass is 16.5. The standard InChI is InChI=1S/C15H23NO2/c1-16-11-15(8-4-5-9-15)12-6-7-13(17-2)14(10-12)18-3/h6-7,10,16H,4-5,8-9,11H2,1-3H3. The Bertz CT molecular complexity index is 397. The molecule has 1 fully saturated rings. The molecule has 1 aliphatic rings. The van der Waals surface area contributed by atoms with Crippen LogP contribution in [0.3, 0.4) is 0 Å². The van der Waals surface area contributed by atoms with Gasteiger partial charge in [0, 0.05) is 12.0 Å². The van der Waals surface area contributed by atoms with E-state index >= 15 is 0 Å². The first-order valence-electron chi connectivity index (χ1n) is 6.63. The van der Waals surface area contributed by atoms with Gasteiger partial charge in [0.15, 0.2) is 11.5 Å². The summed E-state index contributed by atoms with van der Waals surface area (Å²) in [5.74, 6) is 1.64. The maximum atomic E-state index is 5.41. The van der Waals surface area contributed by atoms with Crippen molar-refractivity contribution in [1.29, 1.82) is 0 Å². The van der Waals surface area contributed by atoms with Gasteiger partial charge in [-0.05, 0) is 37.6 Å². The molecule has 1 aromatic carbocycles. The van der Waals surface area contributed by atoms with E-state index in [4.69, 9.17) is 9.47 Å². The molecule has 0 atom stereocenters. The Balaban J connectivity index is 2.36. The lowest BCUT2D eigenvalue weighted by Crippen LogP contribution is -2.34. The minimum Gasteiger partial charge on any atom is -0.493 e. The SMILES string of the molecule is CNCC1(c2ccc(OC)c(OC)c2)CCCC1. The predicted octanol–water partition coefficient (Wildman–Crippen LogP) is 2.74. The van der Waals surface area contributed by atoms with E-state index in [0.29, 0.717) is 0 Å². The van der Waals surface area contributed by atoms with Crippen LogP contribution < -0.4 is 14.8 Å². The van der Waals surface area contributed by atoms with Crippen molar-refractivity contribution in [1.82, 2.24) is 5.32 Å². The molecule has 0 heterocycles. The Kier molecular flexibility index (Phi) is 4.12. The first-order valence-corrected chi connectivity index (χ1v) is 6.63. The minimum absolute atomic E-state index is 0.272. The van der Waals surface area contributed by atoms with Crippen LogP contribution in [-0.2, 0) is 5.41 Å². The highest BCUT2D eigenvalue weighted by Gasteiger charge is 2.35. The molecule has 2 rings (SSSR count). The number of nitrogens with one attached hydrogen (secondary N) is 1. The topological polar surface area (TPSA) is 30.5 Å². The molecule has 0 amide bonds. The molecule has 1 saturated carbocycles. The van der Waals surface area contributed by atoms with Gasteiger partial charge >= 0.3 is 0 Å². The summed E-state index contributed by atoms with van der Waals surface area (Å²) in [6, 6.07) is 6.34. The summed E-state index contributed by atoms with van der Waals surface area (Å²) < 4.78 is 10.7. The maximum Gasteiger partial charge on any atom is 0.161 e. The van der Waals surface area contributed by atoms with Crippen molar-refractivity contribution in [3.63, 3.8) is 0 Å². The van der Waals surface area contributed by atoms with Gasteiger partial charge in [-0.15, -0.1) is 0 Å². The van der Waals surface area contributed by atoms with Gasteiger partial charge in [-0.2, -0.15) is 0 Å². The van der Waals surface area contributed by atoms with Crippen molar-refractivity contribution in [3.05, 3.63) is 23.8 Å². The number of methoxy groups -OCH3 is 2. The first-order chi connectivity index (χ1) is 8.75. The molecular formula is C15H23NO2. The average Bonchev–Trinajstić information content (AvgIpc) is 2.88. The van der Waals surface area contributed by atoms with Gasteiger partial charge in [0.25, 0.3) is 0 Å². The van der Waals surface area contributed by atoms with E-state index in [2.05, 4.69) is 17.4 Å². The van der Waals surface area contributed by atoms with Gasteiger partial charge in [-0.25, -0.2) is 0 Å². The van der Waals surface area contributed by atoms with Gasteiger partial charge in [0.1, 0.15) is 0 Å². The van der Waals surface area contributed by atoms with Crippen LogP contribution in [0, 0.1) is 0 Å². The van der Waals surface area contributed by atoms with Crippen LogP contribution in [0.15, 0.2) is 18.2 Å². The molecule has 0 aromatic heterocycles. The molecule has 18 heavy (non-hydrogen) atoms. The largest absolute Gasteiger partial charge is 0.493 e. The summed E-state index contributed by atoms with van der Waals surface area (Å²) in [6.07, 6.45) is 5.14. The fourth-order valence-corrected chi connectivity index (χ4v) is 3.12. The summed E-state index contributed by atoms with van der Waals surface area (Å²) in [7, 11) is 5.40. The number of rotatable bonds is 5. The van der Waals surface area contributed by atoms with E-state index in [1.165, 1.54) is 31.2 Å². The number of hydrogen-bond donors (Lipinski definition) is 1. The first kappa shape index (κ1) is 13.2. The summed E-state index contributed by atoms with van der Waals surface area (Å²) in [5.41, 5.74) is 1.64. The van der Waals surface area contributed by atoms with Gasteiger partial charge in [-0.3, -0.25) is 0 Å². The molecule has 0 bridgehead atoms.